The Morgan fingerprint density at radius 1 is 0.765 bits per heavy atom. The van der Waals surface area contributed by atoms with E-state index in [1.54, 1.807) is 0 Å². The van der Waals surface area contributed by atoms with E-state index in [9.17, 15) is 0 Å². The molecule has 4 unspecified atom stereocenters. The molecule has 0 amide bonds. The van der Waals surface area contributed by atoms with Crippen molar-refractivity contribution < 1.29 is 0 Å². The first-order valence-corrected chi connectivity index (χ1v) is 7.57. The van der Waals surface area contributed by atoms with Gasteiger partial charge in [-0.1, -0.05) is 13.8 Å². The molecule has 2 aliphatic heterocycles. The molecule has 2 rings (SSSR count). The van der Waals surface area contributed by atoms with Crippen LogP contribution in [-0.4, -0.2) is 48.1 Å². The van der Waals surface area contributed by atoms with E-state index in [0.717, 1.165) is 23.9 Å². The molecule has 100 valence electrons. The Kier molecular flexibility index (Phi) is 4.48. The fourth-order valence-electron chi connectivity index (χ4n) is 3.46. The summed E-state index contributed by atoms with van der Waals surface area (Å²) in [6.45, 7) is 14.9. The highest BCUT2D eigenvalue weighted by atomic mass is 15.2. The Morgan fingerprint density at radius 2 is 1.18 bits per heavy atom. The zero-order valence-corrected chi connectivity index (χ0v) is 12.2. The summed E-state index contributed by atoms with van der Waals surface area (Å²) < 4.78 is 0. The zero-order valence-electron chi connectivity index (χ0n) is 12.2. The Bertz CT molecular complexity index is 217. The third-order valence-corrected chi connectivity index (χ3v) is 5.43. The lowest BCUT2D eigenvalue weighted by Crippen LogP contribution is -2.35. The van der Waals surface area contributed by atoms with E-state index in [1.165, 1.54) is 45.4 Å². The van der Waals surface area contributed by atoms with E-state index < -0.39 is 0 Å². The van der Waals surface area contributed by atoms with Gasteiger partial charge in [-0.25, -0.2) is 0 Å². The molecule has 0 saturated carbocycles. The standard InChI is InChI=1S/C15H30N2/c1-12-6-10-16(14(12)3)8-5-9-17-11-7-13(2)15(17)4/h12-15H,5-11H2,1-4H3. The lowest BCUT2D eigenvalue weighted by atomic mass is 10.1. The summed E-state index contributed by atoms with van der Waals surface area (Å²) in [5.41, 5.74) is 0. The van der Waals surface area contributed by atoms with Gasteiger partial charge in [0.15, 0.2) is 0 Å². The average Bonchev–Trinajstić information content (AvgIpc) is 2.79. The highest BCUT2D eigenvalue weighted by Crippen LogP contribution is 2.25. The van der Waals surface area contributed by atoms with Crippen molar-refractivity contribution in [2.45, 2.75) is 59.0 Å². The summed E-state index contributed by atoms with van der Waals surface area (Å²) in [6, 6.07) is 1.62. The van der Waals surface area contributed by atoms with Crippen LogP contribution in [0.2, 0.25) is 0 Å². The van der Waals surface area contributed by atoms with E-state index in [4.69, 9.17) is 0 Å². The minimum atomic E-state index is 0.810. The molecule has 0 aromatic rings. The van der Waals surface area contributed by atoms with Crippen molar-refractivity contribution in [3.63, 3.8) is 0 Å². The Balaban J connectivity index is 1.66. The molecule has 2 heterocycles. The number of nitrogens with zero attached hydrogens (tertiary/aromatic N) is 2. The molecule has 2 aliphatic rings. The van der Waals surface area contributed by atoms with Crippen LogP contribution in [0, 0.1) is 11.8 Å². The van der Waals surface area contributed by atoms with E-state index in [2.05, 4.69) is 37.5 Å². The highest BCUT2D eigenvalue weighted by molar-refractivity contribution is 4.83. The van der Waals surface area contributed by atoms with Crippen molar-refractivity contribution in [2.24, 2.45) is 11.8 Å². The maximum Gasteiger partial charge on any atom is 0.00930 e. The van der Waals surface area contributed by atoms with Crippen molar-refractivity contribution in [3.8, 4) is 0 Å². The van der Waals surface area contributed by atoms with Crippen LogP contribution in [-0.2, 0) is 0 Å². The smallest absolute Gasteiger partial charge is 0.00930 e. The summed E-state index contributed by atoms with van der Waals surface area (Å²) in [7, 11) is 0. The molecule has 0 aliphatic carbocycles. The summed E-state index contributed by atoms with van der Waals surface area (Å²) >= 11 is 0. The van der Waals surface area contributed by atoms with Crippen molar-refractivity contribution in [1.29, 1.82) is 0 Å². The maximum atomic E-state index is 2.69. The normalized spacial score (nSPS) is 40.2. The van der Waals surface area contributed by atoms with Crippen LogP contribution in [0.4, 0.5) is 0 Å². The van der Waals surface area contributed by atoms with E-state index in [-0.39, 0.29) is 0 Å². The van der Waals surface area contributed by atoms with Gasteiger partial charge >= 0.3 is 0 Å². The van der Waals surface area contributed by atoms with Crippen LogP contribution in [0.25, 0.3) is 0 Å². The molecule has 17 heavy (non-hydrogen) atoms. The molecule has 0 aromatic heterocycles. The van der Waals surface area contributed by atoms with E-state index in [1.807, 2.05) is 0 Å². The molecule has 2 nitrogen and oxygen atoms in total. The van der Waals surface area contributed by atoms with Crippen LogP contribution in [0.1, 0.15) is 47.0 Å². The molecule has 2 saturated heterocycles. The van der Waals surface area contributed by atoms with Gasteiger partial charge in [0, 0.05) is 12.1 Å². The number of hydrogen-bond acceptors (Lipinski definition) is 2. The summed E-state index contributed by atoms with van der Waals surface area (Å²) in [5, 5.41) is 0. The van der Waals surface area contributed by atoms with Gasteiger partial charge in [-0.05, 0) is 71.1 Å². The number of rotatable bonds is 4. The van der Waals surface area contributed by atoms with Crippen LogP contribution >= 0.6 is 0 Å². The predicted octanol–water partition coefficient (Wildman–Crippen LogP) is 2.84. The van der Waals surface area contributed by atoms with Gasteiger partial charge in [-0.2, -0.15) is 0 Å². The maximum absolute atomic E-state index is 2.69. The first-order valence-electron chi connectivity index (χ1n) is 7.57. The monoisotopic (exact) mass is 238 g/mol. The number of likely N-dealkylation sites (tertiary alicyclic amines) is 2. The van der Waals surface area contributed by atoms with E-state index >= 15 is 0 Å². The highest BCUT2D eigenvalue weighted by Gasteiger charge is 2.28. The molecule has 2 fully saturated rings. The molecular formula is C15H30N2. The van der Waals surface area contributed by atoms with Gasteiger partial charge in [0.25, 0.3) is 0 Å². The molecule has 0 N–H and O–H groups in total. The van der Waals surface area contributed by atoms with Crippen molar-refractivity contribution >= 4 is 0 Å². The molecule has 0 spiro atoms. The fourth-order valence-corrected chi connectivity index (χ4v) is 3.46. The average molecular weight is 238 g/mol. The van der Waals surface area contributed by atoms with Gasteiger partial charge in [0.05, 0.1) is 0 Å². The molecule has 4 atom stereocenters. The van der Waals surface area contributed by atoms with E-state index in [0.29, 0.717) is 0 Å². The minimum absolute atomic E-state index is 0.810. The van der Waals surface area contributed by atoms with Crippen LogP contribution in [0.5, 0.6) is 0 Å². The SMILES string of the molecule is CC1CCN(CCCN2CCC(C)C2C)C1C. The van der Waals surface area contributed by atoms with Crippen molar-refractivity contribution in [3.05, 3.63) is 0 Å². The van der Waals surface area contributed by atoms with Crippen molar-refractivity contribution in [1.82, 2.24) is 9.80 Å². The number of hydrogen-bond donors (Lipinski definition) is 0. The predicted molar refractivity (Wildman–Crippen MR) is 74.2 cm³/mol. The van der Waals surface area contributed by atoms with Gasteiger partial charge in [0.1, 0.15) is 0 Å². The molecule has 0 bridgehead atoms. The van der Waals surface area contributed by atoms with Crippen LogP contribution in [0.3, 0.4) is 0 Å². The van der Waals surface area contributed by atoms with Gasteiger partial charge in [-0.3, -0.25) is 0 Å². The Morgan fingerprint density at radius 3 is 1.47 bits per heavy atom. The quantitative estimate of drug-likeness (QED) is 0.743. The zero-order chi connectivity index (χ0) is 12.4. The third-order valence-electron chi connectivity index (χ3n) is 5.43. The third kappa shape index (κ3) is 3.03. The summed E-state index contributed by atoms with van der Waals surface area (Å²) in [4.78, 5) is 5.38. The van der Waals surface area contributed by atoms with Gasteiger partial charge in [0.2, 0.25) is 0 Å². The molecular weight excluding hydrogens is 208 g/mol. The minimum Gasteiger partial charge on any atom is -0.300 e. The lowest BCUT2D eigenvalue weighted by Gasteiger charge is -2.26. The second-order valence-electron chi connectivity index (χ2n) is 6.44. The first-order chi connectivity index (χ1) is 8.09. The molecule has 0 aromatic carbocycles. The summed E-state index contributed by atoms with van der Waals surface area (Å²) in [5.74, 6) is 1.81. The lowest BCUT2D eigenvalue weighted by molar-refractivity contribution is 0.203. The fraction of sp³-hybridized carbons (Fsp3) is 1.00. The van der Waals surface area contributed by atoms with Crippen LogP contribution in [0.15, 0.2) is 0 Å². The second-order valence-corrected chi connectivity index (χ2v) is 6.44. The van der Waals surface area contributed by atoms with Crippen LogP contribution < -0.4 is 0 Å². The molecule has 0 radical (unpaired) electrons. The van der Waals surface area contributed by atoms with Gasteiger partial charge in [-0.15, -0.1) is 0 Å². The summed E-state index contributed by atoms with van der Waals surface area (Å²) in [6.07, 6.45) is 4.16. The molecule has 2 heteroatoms. The first kappa shape index (κ1) is 13.4. The Hall–Kier alpha value is -0.0800. The van der Waals surface area contributed by atoms with Crippen molar-refractivity contribution in [2.75, 3.05) is 26.2 Å². The van der Waals surface area contributed by atoms with Gasteiger partial charge < -0.3 is 9.80 Å². The second kappa shape index (κ2) is 5.71. The Labute approximate surface area is 107 Å². The largest absolute Gasteiger partial charge is 0.300 e. The topological polar surface area (TPSA) is 6.48 Å².